The van der Waals surface area contributed by atoms with Crippen LogP contribution in [0.3, 0.4) is 0 Å². The predicted octanol–water partition coefficient (Wildman–Crippen LogP) is 4.08. The number of fused-ring (bicyclic) bond motifs is 1. The number of rotatable bonds is 6. The number of carbonyl (C=O) groups excluding carboxylic acids is 2. The van der Waals surface area contributed by atoms with E-state index in [9.17, 15) is 9.59 Å². The van der Waals surface area contributed by atoms with Crippen LogP contribution in [0.25, 0.3) is 11.0 Å². The third kappa shape index (κ3) is 4.09. The van der Waals surface area contributed by atoms with Gasteiger partial charge in [-0.1, -0.05) is 42.8 Å². The normalized spacial score (nSPS) is 12.0. The molecule has 2 amide bonds. The van der Waals surface area contributed by atoms with Crippen LogP contribution in [0.4, 0.5) is 0 Å². The van der Waals surface area contributed by atoms with Crippen molar-refractivity contribution >= 4 is 22.8 Å². The maximum absolute atomic E-state index is 12.8. The SMILES string of the molecule is CCc1oc2ccccc2c1CN(C)C(=O)C(C)NC(=O)c1cccc(C)c1. The molecule has 0 spiro atoms. The molecule has 0 fully saturated rings. The van der Waals surface area contributed by atoms with Crippen molar-refractivity contribution in [2.75, 3.05) is 7.05 Å². The minimum atomic E-state index is -0.624. The van der Waals surface area contributed by atoms with Crippen LogP contribution in [0.2, 0.25) is 0 Å². The first-order chi connectivity index (χ1) is 13.4. The number of furan rings is 1. The molecule has 0 aliphatic heterocycles. The number of likely N-dealkylation sites (N-methyl/N-ethyl adjacent to an activating group) is 1. The van der Waals surface area contributed by atoms with E-state index in [4.69, 9.17) is 4.42 Å². The second kappa shape index (κ2) is 8.30. The van der Waals surface area contributed by atoms with Crippen molar-refractivity contribution in [1.29, 1.82) is 0 Å². The Labute approximate surface area is 165 Å². The molecule has 0 radical (unpaired) electrons. The lowest BCUT2D eigenvalue weighted by Gasteiger charge is -2.22. The highest BCUT2D eigenvalue weighted by Gasteiger charge is 2.22. The molecule has 0 bridgehead atoms. The number of aryl methyl sites for hydroxylation is 2. The fourth-order valence-corrected chi connectivity index (χ4v) is 3.38. The molecule has 28 heavy (non-hydrogen) atoms. The molecule has 5 nitrogen and oxygen atoms in total. The van der Waals surface area contributed by atoms with Gasteiger partial charge < -0.3 is 14.6 Å². The van der Waals surface area contributed by atoms with E-state index in [1.54, 1.807) is 31.0 Å². The first kappa shape index (κ1) is 19.7. The van der Waals surface area contributed by atoms with Crippen molar-refractivity contribution in [3.05, 3.63) is 71.0 Å². The first-order valence-electron chi connectivity index (χ1n) is 9.52. The first-order valence-corrected chi connectivity index (χ1v) is 9.52. The van der Waals surface area contributed by atoms with E-state index < -0.39 is 6.04 Å². The number of benzene rings is 2. The molecule has 1 aromatic heterocycles. The van der Waals surface area contributed by atoms with Crippen molar-refractivity contribution in [1.82, 2.24) is 10.2 Å². The van der Waals surface area contributed by atoms with E-state index in [2.05, 4.69) is 5.32 Å². The van der Waals surface area contributed by atoms with Crippen LogP contribution < -0.4 is 5.32 Å². The van der Waals surface area contributed by atoms with Crippen molar-refractivity contribution in [3.8, 4) is 0 Å². The van der Waals surface area contributed by atoms with Crippen LogP contribution in [-0.2, 0) is 17.8 Å². The Morgan fingerprint density at radius 1 is 1.14 bits per heavy atom. The van der Waals surface area contributed by atoms with Gasteiger partial charge in [0.1, 0.15) is 17.4 Å². The van der Waals surface area contributed by atoms with Crippen LogP contribution in [-0.4, -0.2) is 29.8 Å². The molecule has 0 aliphatic rings. The van der Waals surface area contributed by atoms with Gasteiger partial charge in [0, 0.05) is 36.5 Å². The highest BCUT2D eigenvalue weighted by atomic mass is 16.3. The van der Waals surface area contributed by atoms with Gasteiger partial charge in [-0.05, 0) is 32.0 Å². The Hall–Kier alpha value is -3.08. The van der Waals surface area contributed by atoms with Gasteiger partial charge in [0.15, 0.2) is 0 Å². The lowest BCUT2D eigenvalue weighted by molar-refractivity contribution is -0.132. The van der Waals surface area contributed by atoms with Crippen LogP contribution in [0.15, 0.2) is 52.9 Å². The summed E-state index contributed by atoms with van der Waals surface area (Å²) in [5.74, 6) is 0.492. The van der Waals surface area contributed by atoms with E-state index in [1.807, 2.05) is 50.2 Å². The summed E-state index contributed by atoms with van der Waals surface area (Å²) in [6.07, 6.45) is 0.756. The van der Waals surface area contributed by atoms with Gasteiger partial charge in [-0.25, -0.2) is 0 Å². The molecule has 0 saturated heterocycles. The molecule has 3 aromatic rings. The molecule has 0 saturated carbocycles. The van der Waals surface area contributed by atoms with Crippen molar-refractivity contribution < 1.29 is 14.0 Å². The number of nitrogens with zero attached hydrogens (tertiary/aromatic N) is 1. The Bertz CT molecular complexity index is 1010. The summed E-state index contributed by atoms with van der Waals surface area (Å²) in [4.78, 5) is 26.9. The Morgan fingerprint density at radius 3 is 2.61 bits per heavy atom. The van der Waals surface area contributed by atoms with Gasteiger partial charge in [-0.3, -0.25) is 9.59 Å². The molecule has 1 unspecified atom stereocenters. The van der Waals surface area contributed by atoms with Crippen molar-refractivity contribution in [3.63, 3.8) is 0 Å². The van der Waals surface area contributed by atoms with Gasteiger partial charge in [0.2, 0.25) is 5.91 Å². The highest BCUT2D eigenvalue weighted by molar-refractivity contribution is 5.97. The Morgan fingerprint density at radius 2 is 1.89 bits per heavy atom. The zero-order valence-electron chi connectivity index (χ0n) is 16.8. The van der Waals surface area contributed by atoms with Crippen LogP contribution in [0.1, 0.15) is 41.1 Å². The third-order valence-electron chi connectivity index (χ3n) is 4.87. The van der Waals surface area contributed by atoms with Crippen LogP contribution >= 0.6 is 0 Å². The summed E-state index contributed by atoms with van der Waals surface area (Å²) in [5, 5.41) is 3.82. The topological polar surface area (TPSA) is 62.6 Å². The molecule has 2 aromatic carbocycles. The maximum atomic E-state index is 12.8. The average molecular weight is 378 g/mol. The standard InChI is InChI=1S/C23H26N2O3/c1-5-20-19(18-11-6-7-12-21(18)28-20)14-25(4)23(27)16(3)24-22(26)17-10-8-9-15(2)13-17/h6-13,16H,5,14H2,1-4H3,(H,24,26). The fraction of sp³-hybridized carbons (Fsp3) is 0.304. The third-order valence-corrected chi connectivity index (χ3v) is 4.87. The van der Waals surface area contributed by atoms with Crippen LogP contribution in [0.5, 0.6) is 0 Å². The van der Waals surface area contributed by atoms with Gasteiger partial charge in [-0.15, -0.1) is 0 Å². The van der Waals surface area contributed by atoms with E-state index >= 15 is 0 Å². The molecule has 0 aliphatic carbocycles. The Kier molecular flexibility index (Phi) is 5.83. The molecule has 1 heterocycles. The molecule has 1 N–H and O–H groups in total. The van der Waals surface area contributed by atoms with E-state index in [1.165, 1.54) is 0 Å². The minimum Gasteiger partial charge on any atom is -0.461 e. The second-order valence-electron chi connectivity index (χ2n) is 7.11. The average Bonchev–Trinajstić information content (AvgIpc) is 3.04. The van der Waals surface area contributed by atoms with Crippen molar-refractivity contribution in [2.45, 2.75) is 39.8 Å². The molecule has 146 valence electrons. The van der Waals surface area contributed by atoms with E-state index in [0.29, 0.717) is 12.1 Å². The molecule has 1 atom stereocenters. The predicted molar refractivity (Wildman–Crippen MR) is 110 cm³/mol. The minimum absolute atomic E-state index is 0.145. The second-order valence-corrected chi connectivity index (χ2v) is 7.11. The summed E-state index contributed by atoms with van der Waals surface area (Å²) in [6.45, 7) is 6.11. The summed E-state index contributed by atoms with van der Waals surface area (Å²) in [5.41, 5.74) is 3.40. The number of para-hydroxylation sites is 1. The van der Waals surface area contributed by atoms with Gasteiger partial charge >= 0.3 is 0 Å². The maximum Gasteiger partial charge on any atom is 0.251 e. The largest absolute Gasteiger partial charge is 0.461 e. The smallest absolute Gasteiger partial charge is 0.251 e. The lowest BCUT2D eigenvalue weighted by atomic mass is 10.1. The summed E-state index contributed by atoms with van der Waals surface area (Å²) in [7, 11) is 1.75. The lowest BCUT2D eigenvalue weighted by Crippen LogP contribution is -2.45. The summed E-state index contributed by atoms with van der Waals surface area (Å²) < 4.78 is 5.92. The molecule has 5 heteroatoms. The Balaban J connectivity index is 1.71. The highest BCUT2D eigenvalue weighted by Crippen LogP contribution is 2.27. The van der Waals surface area contributed by atoms with E-state index in [0.717, 1.165) is 34.3 Å². The summed E-state index contributed by atoms with van der Waals surface area (Å²) in [6, 6.07) is 14.5. The van der Waals surface area contributed by atoms with Gasteiger partial charge in [-0.2, -0.15) is 0 Å². The van der Waals surface area contributed by atoms with Gasteiger partial charge in [0.05, 0.1) is 0 Å². The molecular formula is C23H26N2O3. The van der Waals surface area contributed by atoms with Gasteiger partial charge in [0.25, 0.3) is 5.91 Å². The number of carbonyl (C=O) groups is 2. The summed E-state index contributed by atoms with van der Waals surface area (Å²) >= 11 is 0. The number of amides is 2. The quantitative estimate of drug-likeness (QED) is 0.703. The number of nitrogens with one attached hydrogen (secondary N) is 1. The number of hydrogen-bond acceptors (Lipinski definition) is 3. The van der Waals surface area contributed by atoms with Crippen LogP contribution in [0, 0.1) is 6.92 Å². The zero-order valence-corrected chi connectivity index (χ0v) is 16.8. The monoisotopic (exact) mass is 378 g/mol. The zero-order chi connectivity index (χ0) is 20.3. The van der Waals surface area contributed by atoms with Crippen molar-refractivity contribution in [2.24, 2.45) is 0 Å². The number of hydrogen-bond donors (Lipinski definition) is 1. The molecular weight excluding hydrogens is 352 g/mol. The van der Waals surface area contributed by atoms with E-state index in [-0.39, 0.29) is 11.8 Å². The molecule has 3 rings (SSSR count). The fourth-order valence-electron chi connectivity index (χ4n) is 3.38.